The van der Waals surface area contributed by atoms with E-state index in [1.165, 1.54) is 20.0 Å². The topological polar surface area (TPSA) is 75.7 Å². The van der Waals surface area contributed by atoms with E-state index in [0.29, 0.717) is 24.1 Å². The first-order chi connectivity index (χ1) is 11.2. The Bertz CT molecular complexity index is 687. The molecule has 0 radical (unpaired) electrons. The molecule has 2 rings (SSSR count). The number of aryl methyl sites for hydroxylation is 1. The Labute approximate surface area is 140 Å². The molecule has 1 aliphatic rings. The number of hydrogen-bond acceptors (Lipinski definition) is 4. The average Bonchev–Trinajstić information content (AvgIpc) is 2.51. The van der Waals surface area contributed by atoms with Crippen molar-refractivity contribution < 1.29 is 23.5 Å². The van der Waals surface area contributed by atoms with Crippen LogP contribution in [0.25, 0.3) is 0 Å². The summed E-state index contributed by atoms with van der Waals surface area (Å²) >= 11 is 0. The van der Waals surface area contributed by atoms with Gasteiger partial charge in [0.25, 0.3) is 5.91 Å². The number of halogens is 1. The number of amides is 2. The van der Waals surface area contributed by atoms with Crippen molar-refractivity contribution in [2.24, 2.45) is 0 Å². The van der Waals surface area contributed by atoms with E-state index < -0.39 is 23.7 Å². The van der Waals surface area contributed by atoms with Gasteiger partial charge in [-0.3, -0.25) is 9.59 Å². The van der Waals surface area contributed by atoms with Gasteiger partial charge in [-0.1, -0.05) is 0 Å². The molecule has 1 unspecified atom stereocenters. The summed E-state index contributed by atoms with van der Waals surface area (Å²) in [6.45, 7) is 4.95. The quantitative estimate of drug-likeness (QED) is 0.855. The van der Waals surface area contributed by atoms with E-state index in [4.69, 9.17) is 4.74 Å². The highest BCUT2D eigenvalue weighted by molar-refractivity contribution is 5.99. The molecule has 0 saturated heterocycles. The summed E-state index contributed by atoms with van der Waals surface area (Å²) in [6, 6.07) is 1.74. The highest BCUT2D eigenvalue weighted by Gasteiger charge is 2.28. The third-order valence-corrected chi connectivity index (χ3v) is 3.91. The number of benzene rings is 1. The molecule has 24 heavy (non-hydrogen) atoms. The lowest BCUT2D eigenvalue weighted by molar-refractivity contribution is -0.151. The number of fused-ring (bicyclic) bond motifs is 1. The molecule has 6 nitrogen and oxygen atoms in total. The fourth-order valence-electron chi connectivity index (χ4n) is 2.42. The van der Waals surface area contributed by atoms with Gasteiger partial charge in [0.05, 0.1) is 11.7 Å². The number of carbonyl (C=O) groups is 3. The van der Waals surface area contributed by atoms with Crippen LogP contribution in [0.2, 0.25) is 0 Å². The van der Waals surface area contributed by atoms with E-state index in [-0.39, 0.29) is 17.6 Å². The van der Waals surface area contributed by atoms with Crippen molar-refractivity contribution in [3.8, 4) is 0 Å². The average molecular weight is 336 g/mol. The molecule has 0 aliphatic carbocycles. The molecule has 130 valence electrons. The number of nitrogens with one attached hydrogen (secondary N) is 1. The number of carbonyl (C=O) groups excluding carboxylic acids is 3. The van der Waals surface area contributed by atoms with Crippen LogP contribution >= 0.6 is 0 Å². The van der Waals surface area contributed by atoms with Crippen LogP contribution in [-0.2, 0) is 20.7 Å². The van der Waals surface area contributed by atoms with Gasteiger partial charge in [-0.2, -0.15) is 0 Å². The van der Waals surface area contributed by atoms with E-state index in [9.17, 15) is 18.8 Å². The van der Waals surface area contributed by atoms with E-state index in [1.807, 2.05) is 0 Å². The molecular formula is C17H21FN2O4. The van der Waals surface area contributed by atoms with Gasteiger partial charge >= 0.3 is 5.97 Å². The summed E-state index contributed by atoms with van der Waals surface area (Å²) in [4.78, 5) is 37.0. The number of likely N-dealkylation sites (N-methyl/N-ethyl adjacent to an activating group) is 1. The van der Waals surface area contributed by atoms with Gasteiger partial charge in [0.1, 0.15) is 11.9 Å². The van der Waals surface area contributed by atoms with Crippen LogP contribution in [0.1, 0.15) is 43.1 Å². The minimum atomic E-state index is -0.838. The van der Waals surface area contributed by atoms with Crippen molar-refractivity contribution in [1.29, 1.82) is 0 Å². The van der Waals surface area contributed by atoms with Crippen LogP contribution in [0.3, 0.4) is 0 Å². The zero-order chi connectivity index (χ0) is 18.0. The van der Waals surface area contributed by atoms with Gasteiger partial charge < -0.3 is 15.0 Å². The molecule has 7 heteroatoms. The summed E-state index contributed by atoms with van der Waals surface area (Å²) in [7, 11) is 1.43. The van der Waals surface area contributed by atoms with Gasteiger partial charge in [0.15, 0.2) is 0 Å². The second-order valence-electron chi connectivity index (χ2n) is 6.12. The lowest BCUT2D eigenvalue weighted by Gasteiger charge is -2.25. The van der Waals surface area contributed by atoms with Gasteiger partial charge in [-0.25, -0.2) is 9.18 Å². The fraction of sp³-hybridized carbons (Fsp3) is 0.471. The van der Waals surface area contributed by atoms with Gasteiger partial charge in [0.2, 0.25) is 5.91 Å². The summed E-state index contributed by atoms with van der Waals surface area (Å²) in [5.41, 5.74) is 0.956. The molecular weight excluding hydrogens is 315 g/mol. The number of rotatable bonds is 4. The molecule has 0 saturated carbocycles. The Balaban J connectivity index is 2.23. The van der Waals surface area contributed by atoms with Crippen LogP contribution in [-0.4, -0.2) is 41.9 Å². The van der Waals surface area contributed by atoms with Crippen LogP contribution < -0.4 is 5.32 Å². The largest absolute Gasteiger partial charge is 0.461 e. The maximum atomic E-state index is 14.3. The number of esters is 1. The first-order valence-corrected chi connectivity index (χ1v) is 7.80. The maximum Gasteiger partial charge on any atom is 0.328 e. The summed E-state index contributed by atoms with van der Waals surface area (Å²) in [6.07, 6.45) is 0.433. The Kier molecular flexibility index (Phi) is 5.21. The Hall–Kier alpha value is -2.44. The monoisotopic (exact) mass is 336 g/mol. The van der Waals surface area contributed by atoms with E-state index in [1.54, 1.807) is 13.8 Å². The summed E-state index contributed by atoms with van der Waals surface area (Å²) in [5, 5.41) is 2.58. The molecule has 1 N–H and O–H groups in total. The van der Waals surface area contributed by atoms with Crippen molar-refractivity contribution in [2.45, 2.75) is 45.8 Å². The molecule has 1 atom stereocenters. The molecule has 0 bridgehead atoms. The van der Waals surface area contributed by atoms with Crippen molar-refractivity contribution in [1.82, 2.24) is 4.90 Å². The second-order valence-corrected chi connectivity index (χ2v) is 6.12. The summed E-state index contributed by atoms with van der Waals surface area (Å²) in [5.74, 6) is -2.08. The van der Waals surface area contributed by atoms with Gasteiger partial charge in [-0.15, -0.1) is 0 Å². The maximum absolute atomic E-state index is 14.3. The van der Waals surface area contributed by atoms with E-state index in [0.717, 1.165) is 11.0 Å². The zero-order valence-corrected chi connectivity index (χ0v) is 14.2. The first kappa shape index (κ1) is 17.9. The molecule has 1 aromatic carbocycles. The molecule has 0 spiro atoms. The molecule has 2 amide bonds. The normalized spacial score (nSPS) is 14.7. The van der Waals surface area contributed by atoms with Crippen LogP contribution in [0.5, 0.6) is 0 Å². The van der Waals surface area contributed by atoms with E-state index >= 15 is 0 Å². The van der Waals surface area contributed by atoms with Crippen molar-refractivity contribution >= 4 is 23.5 Å². The highest BCUT2D eigenvalue weighted by atomic mass is 19.1. The molecule has 1 aromatic rings. The van der Waals surface area contributed by atoms with Gasteiger partial charge in [0, 0.05) is 19.2 Å². The first-order valence-electron chi connectivity index (χ1n) is 7.80. The molecule has 1 heterocycles. The predicted octanol–water partition coefficient (Wildman–Crippen LogP) is 2.12. The van der Waals surface area contributed by atoms with Gasteiger partial charge in [-0.05, 0) is 44.9 Å². The standard InChI is InChI=1S/C17H21FN2O4/c1-9(2)24-17(23)10(3)20(4)16(22)12-7-11-5-6-15(21)19-14(11)8-13(12)18/h7-10H,5-6H2,1-4H3,(H,19,21). The third-order valence-electron chi connectivity index (χ3n) is 3.91. The zero-order valence-electron chi connectivity index (χ0n) is 14.2. The molecule has 0 fully saturated rings. The number of nitrogens with zero attached hydrogens (tertiary/aromatic N) is 1. The lowest BCUT2D eigenvalue weighted by Crippen LogP contribution is -2.42. The minimum absolute atomic E-state index is 0.128. The number of anilines is 1. The fourth-order valence-corrected chi connectivity index (χ4v) is 2.42. The lowest BCUT2D eigenvalue weighted by atomic mass is 9.99. The molecule has 1 aliphatic heterocycles. The van der Waals surface area contributed by atoms with Crippen molar-refractivity contribution in [3.63, 3.8) is 0 Å². The number of ether oxygens (including phenoxy) is 1. The van der Waals surface area contributed by atoms with E-state index in [2.05, 4.69) is 5.32 Å². The van der Waals surface area contributed by atoms with Crippen molar-refractivity contribution in [3.05, 3.63) is 29.1 Å². The van der Waals surface area contributed by atoms with Crippen LogP contribution in [0, 0.1) is 5.82 Å². The Morgan fingerprint density at radius 3 is 2.54 bits per heavy atom. The smallest absolute Gasteiger partial charge is 0.328 e. The highest BCUT2D eigenvalue weighted by Crippen LogP contribution is 2.26. The number of hydrogen-bond donors (Lipinski definition) is 1. The summed E-state index contributed by atoms with van der Waals surface area (Å²) < 4.78 is 19.4. The van der Waals surface area contributed by atoms with Crippen LogP contribution in [0.15, 0.2) is 12.1 Å². The van der Waals surface area contributed by atoms with Crippen LogP contribution in [0.4, 0.5) is 10.1 Å². The SMILES string of the molecule is CC(C)OC(=O)C(C)N(C)C(=O)c1cc2c(cc1F)NC(=O)CC2. The Morgan fingerprint density at radius 2 is 1.92 bits per heavy atom. The molecule has 0 aromatic heterocycles. The third kappa shape index (κ3) is 3.72. The second kappa shape index (κ2) is 6.98. The predicted molar refractivity (Wildman–Crippen MR) is 86.1 cm³/mol. The Morgan fingerprint density at radius 1 is 1.25 bits per heavy atom. The van der Waals surface area contributed by atoms with Crippen molar-refractivity contribution in [2.75, 3.05) is 12.4 Å². The minimum Gasteiger partial charge on any atom is -0.461 e.